The normalized spacial score (nSPS) is 11.5. The van der Waals surface area contributed by atoms with Gasteiger partial charge in [0.25, 0.3) is 0 Å². The zero-order chi connectivity index (χ0) is 18.6. The monoisotopic (exact) mass is 392 g/mol. The summed E-state index contributed by atoms with van der Waals surface area (Å²) in [7, 11) is -2.05. The molecule has 0 N–H and O–H groups in total. The fraction of sp³-hybridized carbons (Fsp3) is 0.222. The number of nitrogens with zero attached hydrogens (tertiary/aromatic N) is 2. The zero-order valence-corrected chi connectivity index (χ0v) is 15.6. The maximum absolute atomic E-state index is 12.5. The number of benzene rings is 2. The van der Waals surface area contributed by atoms with Crippen molar-refractivity contribution in [3.05, 3.63) is 76.4 Å². The molecule has 3 rings (SSSR count). The van der Waals surface area contributed by atoms with Crippen molar-refractivity contribution in [1.82, 2.24) is 10.1 Å². The molecule has 0 aliphatic rings. The fourth-order valence-corrected chi connectivity index (χ4v) is 4.02. The van der Waals surface area contributed by atoms with E-state index in [2.05, 4.69) is 10.1 Å². The third-order valence-electron chi connectivity index (χ3n) is 3.68. The van der Waals surface area contributed by atoms with Crippen molar-refractivity contribution >= 4 is 21.4 Å². The molecule has 0 spiro atoms. The molecule has 0 fully saturated rings. The third-order valence-corrected chi connectivity index (χ3v) is 5.35. The highest BCUT2D eigenvalue weighted by atomic mass is 35.5. The van der Waals surface area contributed by atoms with E-state index in [9.17, 15) is 8.42 Å². The highest BCUT2D eigenvalue weighted by Gasteiger charge is 2.20. The largest absolute Gasteiger partial charge is 0.496 e. The predicted molar refractivity (Wildman–Crippen MR) is 97.9 cm³/mol. The molecule has 26 heavy (non-hydrogen) atoms. The Bertz CT molecular complexity index is 987. The second-order valence-corrected chi connectivity index (χ2v) is 8.26. The zero-order valence-electron chi connectivity index (χ0n) is 14.1. The lowest BCUT2D eigenvalue weighted by Gasteiger charge is -2.08. The summed E-state index contributed by atoms with van der Waals surface area (Å²) in [4.78, 5) is 4.18. The summed E-state index contributed by atoms with van der Waals surface area (Å²) in [6.45, 7) is 0. The number of methoxy groups -OCH3 is 1. The topological polar surface area (TPSA) is 82.3 Å². The van der Waals surface area contributed by atoms with Crippen molar-refractivity contribution in [2.45, 2.75) is 17.9 Å². The van der Waals surface area contributed by atoms with Crippen LogP contribution in [0.1, 0.15) is 22.8 Å². The van der Waals surface area contributed by atoms with Crippen LogP contribution in [0.4, 0.5) is 0 Å². The first-order valence-electron chi connectivity index (χ1n) is 7.83. The Morgan fingerprint density at radius 3 is 2.62 bits per heavy atom. The van der Waals surface area contributed by atoms with Crippen LogP contribution in [0.2, 0.25) is 5.02 Å². The Balaban J connectivity index is 1.71. The molecule has 3 aromatic rings. The molecule has 2 aromatic carbocycles. The highest BCUT2D eigenvalue weighted by molar-refractivity contribution is 7.89. The second kappa shape index (κ2) is 7.88. The van der Waals surface area contributed by atoms with E-state index in [1.807, 2.05) is 30.3 Å². The van der Waals surface area contributed by atoms with E-state index < -0.39 is 9.84 Å². The first-order chi connectivity index (χ1) is 12.4. The Morgan fingerprint density at radius 1 is 1.12 bits per heavy atom. The van der Waals surface area contributed by atoms with E-state index >= 15 is 0 Å². The van der Waals surface area contributed by atoms with Gasteiger partial charge in [-0.2, -0.15) is 4.98 Å². The van der Waals surface area contributed by atoms with Gasteiger partial charge in [0.2, 0.25) is 5.89 Å². The molecule has 0 amide bonds. The van der Waals surface area contributed by atoms with Gasteiger partial charge < -0.3 is 9.26 Å². The second-order valence-electron chi connectivity index (χ2n) is 5.76. The average Bonchev–Trinajstić information content (AvgIpc) is 3.01. The first-order valence-corrected chi connectivity index (χ1v) is 10.0. The minimum Gasteiger partial charge on any atom is -0.496 e. The lowest BCUT2D eigenvalue weighted by Crippen LogP contribution is -2.09. The number of rotatable bonds is 7. The molecule has 0 radical (unpaired) electrons. The third kappa shape index (κ3) is 4.83. The van der Waals surface area contributed by atoms with Crippen LogP contribution >= 0.6 is 11.6 Å². The quantitative estimate of drug-likeness (QED) is 0.612. The van der Waals surface area contributed by atoms with Crippen molar-refractivity contribution in [1.29, 1.82) is 0 Å². The van der Waals surface area contributed by atoms with Crippen molar-refractivity contribution in [2.24, 2.45) is 0 Å². The molecule has 136 valence electrons. The number of aromatic nitrogens is 2. The maximum atomic E-state index is 12.5. The first kappa shape index (κ1) is 18.4. The number of sulfone groups is 1. The van der Waals surface area contributed by atoms with Crippen LogP contribution in [-0.2, 0) is 27.8 Å². The van der Waals surface area contributed by atoms with Gasteiger partial charge in [0.1, 0.15) is 11.5 Å². The van der Waals surface area contributed by atoms with Gasteiger partial charge in [0, 0.05) is 17.0 Å². The summed E-state index contributed by atoms with van der Waals surface area (Å²) < 4.78 is 35.3. The minimum absolute atomic E-state index is 0.0666. The summed E-state index contributed by atoms with van der Waals surface area (Å²) in [6.07, 6.45) is 0.479. The van der Waals surface area contributed by atoms with Gasteiger partial charge in [-0.15, -0.1) is 0 Å². The highest BCUT2D eigenvalue weighted by Crippen LogP contribution is 2.25. The number of hydrogen-bond donors (Lipinski definition) is 0. The number of hydrogen-bond acceptors (Lipinski definition) is 6. The van der Waals surface area contributed by atoms with Crippen LogP contribution in [0.3, 0.4) is 0 Å². The lowest BCUT2D eigenvalue weighted by atomic mass is 10.1. The Morgan fingerprint density at radius 2 is 1.88 bits per heavy atom. The SMILES string of the molecule is COc1ccc(Cl)cc1CS(=O)(=O)Cc1nc(Cc2ccccc2)no1. The number of halogens is 1. The van der Waals surface area contributed by atoms with Gasteiger partial charge in [0.05, 0.1) is 12.9 Å². The molecule has 0 unspecified atom stereocenters. The van der Waals surface area contributed by atoms with E-state index in [1.165, 1.54) is 7.11 Å². The van der Waals surface area contributed by atoms with Gasteiger partial charge >= 0.3 is 0 Å². The molecule has 6 nitrogen and oxygen atoms in total. The molecule has 0 saturated carbocycles. The van der Waals surface area contributed by atoms with Crippen LogP contribution in [0, 0.1) is 0 Å². The summed E-state index contributed by atoms with van der Waals surface area (Å²) in [5.41, 5.74) is 1.51. The van der Waals surface area contributed by atoms with E-state index in [4.69, 9.17) is 20.9 Å². The van der Waals surface area contributed by atoms with Crippen molar-refractivity contribution in [2.75, 3.05) is 7.11 Å². The molecular weight excluding hydrogens is 376 g/mol. The predicted octanol–water partition coefficient (Wildman–Crippen LogP) is 3.44. The Hall–Kier alpha value is -2.38. The molecule has 0 saturated heterocycles. The maximum Gasteiger partial charge on any atom is 0.241 e. The summed E-state index contributed by atoms with van der Waals surface area (Å²) in [5, 5.41) is 4.30. The molecule has 0 aliphatic heterocycles. The average molecular weight is 393 g/mol. The van der Waals surface area contributed by atoms with Gasteiger partial charge in [0.15, 0.2) is 15.7 Å². The molecule has 0 atom stereocenters. The molecule has 8 heteroatoms. The Kier molecular flexibility index (Phi) is 5.58. The molecule has 1 heterocycles. The fourth-order valence-electron chi connectivity index (χ4n) is 2.54. The van der Waals surface area contributed by atoms with E-state index in [0.717, 1.165) is 5.56 Å². The van der Waals surface area contributed by atoms with Crippen molar-refractivity contribution in [3.63, 3.8) is 0 Å². The van der Waals surface area contributed by atoms with E-state index in [-0.39, 0.29) is 17.4 Å². The van der Waals surface area contributed by atoms with E-state index in [0.29, 0.717) is 28.6 Å². The Labute approximate surface area is 156 Å². The van der Waals surface area contributed by atoms with Gasteiger partial charge in [-0.05, 0) is 23.8 Å². The van der Waals surface area contributed by atoms with E-state index in [1.54, 1.807) is 18.2 Å². The van der Waals surface area contributed by atoms with Gasteiger partial charge in [-0.1, -0.05) is 47.1 Å². The van der Waals surface area contributed by atoms with Gasteiger partial charge in [-0.3, -0.25) is 0 Å². The molecular formula is C18H17ClN2O4S. The summed E-state index contributed by atoms with van der Waals surface area (Å²) >= 11 is 5.95. The molecule has 1 aromatic heterocycles. The lowest BCUT2D eigenvalue weighted by molar-refractivity contribution is 0.383. The summed E-state index contributed by atoms with van der Waals surface area (Å²) in [6, 6.07) is 14.5. The smallest absolute Gasteiger partial charge is 0.241 e. The van der Waals surface area contributed by atoms with Crippen LogP contribution in [-0.4, -0.2) is 25.7 Å². The van der Waals surface area contributed by atoms with Crippen LogP contribution in [0.25, 0.3) is 0 Å². The van der Waals surface area contributed by atoms with Gasteiger partial charge in [-0.25, -0.2) is 8.42 Å². The molecule has 0 bridgehead atoms. The standard InChI is InChI=1S/C18H17ClN2O4S/c1-24-16-8-7-15(19)10-14(16)11-26(22,23)12-18-20-17(21-25-18)9-13-5-3-2-4-6-13/h2-8,10H,9,11-12H2,1H3. The van der Waals surface area contributed by atoms with Crippen molar-refractivity contribution < 1.29 is 17.7 Å². The number of ether oxygens (including phenoxy) is 1. The van der Waals surface area contributed by atoms with Crippen molar-refractivity contribution in [3.8, 4) is 5.75 Å². The van der Waals surface area contributed by atoms with Crippen LogP contribution < -0.4 is 4.74 Å². The van der Waals surface area contributed by atoms with Crippen LogP contribution in [0.15, 0.2) is 53.1 Å². The molecule has 0 aliphatic carbocycles. The summed E-state index contributed by atoms with van der Waals surface area (Å²) in [5.74, 6) is 0.407. The minimum atomic E-state index is -3.53. The van der Waals surface area contributed by atoms with Crippen LogP contribution in [0.5, 0.6) is 5.75 Å².